The first-order valence-electron chi connectivity index (χ1n) is 12.2. The summed E-state index contributed by atoms with van der Waals surface area (Å²) in [4.78, 5) is 4.75. The molecule has 2 heteroatoms. The number of hydrogen-bond donors (Lipinski definition) is 0. The van der Waals surface area contributed by atoms with Gasteiger partial charge in [0, 0.05) is 12.1 Å². The van der Waals surface area contributed by atoms with Gasteiger partial charge in [0.15, 0.2) is 0 Å². The molecule has 0 bridgehead atoms. The Morgan fingerprint density at radius 3 is 1.88 bits per heavy atom. The Kier molecular flexibility index (Phi) is 8.76. The molecule has 0 spiro atoms. The minimum Gasteiger partial charge on any atom is -0.302 e. The van der Waals surface area contributed by atoms with E-state index >= 15 is 0 Å². The Balaban J connectivity index is 2.22. The van der Waals surface area contributed by atoms with Crippen LogP contribution in [-0.2, 0) is 6.42 Å². The van der Waals surface area contributed by atoms with Crippen molar-refractivity contribution in [3.63, 3.8) is 0 Å². The lowest BCUT2D eigenvalue weighted by Crippen LogP contribution is -2.28. The summed E-state index contributed by atoms with van der Waals surface area (Å²) in [5, 5.41) is 0. The van der Waals surface area contributed by atoms with Crippen molar-refractivity contribution in [3.05, 3.63) is 70.3 Å². The Labute approximate surface area is 199 Å². The fraction of sp³-hybridized carbons (Fsp3) is 0.600. The SMILES string of the molecule is Cc1cccc(C(CC(C)(C)Cc2ccc(C(CC(C)(C)C)N(C)C)c(C)c2)N(C)C)c1. The van der Waals surface area contributed by atoms with E-state index in [-0.39, 0.29) is 5.41 Å². The van der Waals surface area contributed by atoms with Crippen LogP contribution in [0.25, 0.3) is 0 Å². The van der Waals surface area contributed by atoms with Crippen LogP contribution in [0.5, 0.6) is 0 Å². The molecule has 2 rings (SSSR count). The quantitative estimate of drug-likeness (QED) is 0.399. The van der Waals surface area contributed by atoms with Crippen molar-refractivity contribution in [2.24, 2.45) is 10.8 Å². The van der Waals surface area contributed by atoms with Gasteiger partial charge < -0.3 is 9.80 Å². The van der Waals surface area contributed by atoms with Gasteiger partial charge in [0.05, 0.1) is 0 Å². The molecule has 0 saturated carbocycles. The Bertz CT molecular complexity index is 871. The minimum atomic E-state index is 0.207. The highest BCUT2D eigenvalue weighted by Gasteiger charge is 2.27. The van der Waals surface area contributed by atoms with E-state index in [4.69, 9.17) is 0 Å². The summed E-state index contributed by atoms with van der Waals surface area (Å²) >= 11 is 0. The fourth-order valence-corrected chi connectivity index (χ4v) is 5.00. The minimum absolute atomic E-state index is 0.207. The molecule has 0 saturated heterocycles. The van der Waals surface area contributed by atoms with Crippen LogP contribution >= 0.6 is 0 Å². The molecule has 0 heterocycles. The monoisotopic (exact) mass is 436 g/mol. The molecule has 0 radical (unpaired) electrons. The topological polar surface area (TPSA) is 6.48 Å². The molecule has 2 nitrogen and oxygen atoms in total. The van der Waals surface area contributed by atoms with E-state index in [0.29, 0.717) is 17.5 Å². The number of rotatable bonds is 9. The second-order valence-electron chi connectivity index (χ2n) is 12.4. The van der Waals surface area contributed by atoms with Crippen molar-refractivity contribution in [2.45, 2.75) is 79.8 Å². The van der Waals surface area contributed by atoms with Gasteiger partial charge in [-0.15, -0.1) is 0 Å². The lowest BCUT2D eigenvalue weighted by atomic mass is 9.77. The zero-order valence-electron chi connectivity index (χ0n) is 22.7. The third-order valence-electron chi connectivity index (χ3n) is 6.60. The van der Waals surface area contributed by atoms with E-state index in [1.54, 1.807) is 0 Å². The average Bonchev–Trinajstić information content (AvgIpc) is 2.63. The number of nitrogens with zero attached hydrogens (tertiary/aromatic N) is 2. The Hall–Kier alpha value is -1.64. The molecule has 0 aliphatic carbocycles. The summed E-state index contributed by atoms with van der Waals surface area (Å²) < 4.78 is 0. The maximum atomic E-state index is 2.44. The summed E-state index contributed by atoms with van der Waals surface area (Å²) in [5.74, 6) is 0. The molecule has 0 aliphatic rings. The summed E-state index contributed by atoms with van der Waals surface area (Å²) in [6.07, 6.45) is 3.39. The molecule has 0 N–H and O–H groups in total. The van der Waals surface area contributed by atoms with Crippen molar-refractivity contribution >= 4 is 0 Å². The smallest absolute Gasteiger partial charge is 0.0349 e. The van der Waals surface area contributed by atoms with Gasteiger partial charge in [-0.25, -0.2) is 0 Å². The third kappa shape index (κ3) is 7.74. The van der Waals surface area contributed by atoms with Gasteiger partial charge in [0.25, 0.3) is 0 Å². The molecular formula is C30H48N2. The molecule has 178 valence electrons. The first kappa shape index (κ1) is 26.6. The van der Waals surface area contributed by atoms with Crippen molar-refractivity contribution in [1.82, 2.24) is 9.80 Å². The van der Waals surface area contributed by atoms with Crippen LogP contribution in [0, 0.1) is 24.7 Å². The Morgan fingerprint density at radius 2 is 1.38 bits per heavy atom. The van der Waals surface area contributed by atoms with Gasteiger partial charge in [-0.1, -0.05) is 82.6 Å². The van der Waals surface area contributed by atoms with Crippen molar-refractivity contribution in [2.75, 3.05) is 28.2 Å². The van der Waals surface area contributed by atoms with E-state index in [2.05, 4.69) is 129 Å². The predicted octanol–water partition coefficient (Wildman–Crippen LogP) is 7.60. The molecule has 0 fully saturated rings. The van der Waals surface area contributed by atoms with E-state index < -0.39 is 0 Å². The lowest BCUT2D eigenvalue weighted by Gasteiger charge is -2.35. The maximum absolute atomic E-state index is 2.44. The summed E-state index contributed by atoms with van der Waals surface area (Å²) in [5.41, 5.74) is 7.61. The largest absolute Gasteiger partial charge is 0.302 e. The van der Waals surface area contributed by atoms with Crippen LogP contribution in [0.2, 0.25) is 0 Å². The summed E-state index contributed by atoms with van der Waals surface area (Å²) in [6, 6.07) is 17.1. The van der Waals surface area contributed by atoms with E-state index in [1.807, 2.05) is 0 Å². The van der Waals surface area contributed by atoms with Crippen LogP contribution in [0.15, 0.2) is 42.5 Å². The lowest BCUT2D eigenvalue weighted by molar-refractivity contribution is 0.196. The van der Waals surface area contributed by atoms with E-state index in [1.165, 1.54) is 27.8 Å². The number of benzene rings is 2. The molecule has 0 aliphatic heterocycles. The normalized spacial score (nSPS) is 14.8. The molecule has 2 aromatic rings. The molecule has 2 aromatic carbocycles. The second kappa shape index (κ2) is 10.5. The number of hydrogen-bond acceptors (Lipinski definition) is 2. The van der Waals surface area contributed by atoms with Crippen LogP contribution in [-0.4, -0.2) is 38.0 Å². The second-order valence-corrected chi connectivity index (χ2v) is 12.4. The van der Waals surface area contributed by atoms with Crippen LogP contribution < -0.4 is 0 Å². The first-order chi connectivity index (χ1) is 14.7. The highest BCUT2D eigenvalue weighted by molar-refractivity contribution is 5.34. The average molecular weight is 437 g/mol. The standard InChI is InChI=1S/C30H48N2/c1-22-13-12-14-25(17-22)27(31(8)9)21-30(6,7)19-24-15-16-26(23(2)18-24)28(32(10)11)20-29(3,4)5/h12-18,27-28H,19-21H2,1-11H3. The fourth-order valence-electron chi connectivity index (χ4n) is 5.00. The highest BCUT2D eigenvalue weighted by Crippen LogP contribution is 2.38. The first-order valence-corrected chi connectivity index (χ1v) is 12.2. The van der Waals surface area contributed by atoms with Gasteiger partial charge in [-0.3, -0.25) is 0 Å². The van der Waals surface area contributed by atoms with Gasteiger partial charge >= 0.3 is 0 Å². The van der Waals surface area contributed by atoms with Gasteiger partial charge in [0.2, 0.25) is 0 Å². The van der Waals surface area contributed by atoms with Gasteiger partial charge in [-0.05, 0) is 94.4 Å². The molecule has 0 amide bonds. The number of aryl methyl sites for hydroxylation is 2. The summed E-state index contributed by atoms with van der Waals surface area (Å²) in [7, 11) is 8.83. The third-order valence-corrected chi connectivity index (χ3v) is 6.60. The molecular weight excluding hydrogens is 388 g/mol. The van der Waals surface area contributed by atoms with E-state index in [0.717, 1.165) is 19.3 Å². The van der Waals surface area contributed by atoms with Gasteiger partial charge in [0.1, 0.15) is 0 Å². The van der Waals surface area contributed by atoms with Crippen LogP contribution in [0.4, 0.5) is 0 Å². The van der Waals surface area contributed by atoms with Crippen molar-refractivity contribution in [3.8, 4) is 0 Å². The molecule has 32 heavy (non-hydrogen) atoms. The van der Waals surface area contributed by atoms with Gasteiger partial charge in [-0.2, -0.15) is 0 Å². The predicted molar refractivity (Wildman–Crippen MR) is 141 cm³/mol. The maximum Gasteiger partial charge on any atom is 0.0349 e. The van der Waals surface area contributed by atoms with Crippen molar-refractivity contribution < 1.29 is 0 Å². The van der Waals surface area contributed by atoms with Crippen molar-refractivity contribution in [1.29, 1.82) is 0 Å². The van der Waals surface area contributed by atoms with Crippen LogP contribution in [0.3, 0.4) is 0 Å². The molecule has 2 atom stereocenters. The Morgan fingerprint density at radius 1 is 0.750 bits per heavy atom. The zero-order valence-corrected chi connectivity index (χ0v) is 22.7. The zero-order chi connectivity index (χ0) is 24.3. The van der Waals surface area contributed by atoms with Crippen LogP contribution in [0.1, 0.15) is 87.4 Å². The molecule has 2 unspecified atom stereocenters. The molecule has 0 aromatic heterocycles. The van der Waals surface area contributed by atoms with E-state index in [9.17, 15) is 0 Å². The summed E-state index contributed by atoms with van der Waals surface area (Å²) in [6.45, 7) is 16.3. The highest BCUT2D eigenvalue weighted by atomic mass is 15.1.